The summed E-state index contributed by atoms with van der Waals surface area (Å²) in [4.78, 5) is 27.6. The van der Waals surface area contributed by atoms with Gasteiger partial charge in [-0.05, 0) is 65.1 Å². The first-order valence-corrected chi connectivity index (χ1v) is 9.88. The Bertz CT molecular complexity index is 692. The average Bonchev–Trinajstić information content (AvgIpc) is 3.43. The van der Waals surface area contributed by atoms with E-state index in [2.05, 4.69) is 10.2 Å². The molecular formula is C20H31N3O3. The number of nitrogens with one attached hydrogen (secondary N) is 1. The van der Waals surface area contributed by atoms with Crippen LogP contribution in [0.15, 0.2) is 10.9 Å². The number of amides is 1. The Hall–Kier alpha value is -1.82. The Morgan fingerprint density at radius 2 is 2.12 bits per heavy atom. The first kappa shape index (κ1) is 19.0. The summed E-state index contributed by atoms with van der Waals surface area (Å²) in [6.07, 6.45) is 7.09. The largest absolute Gasteiger partial charge is 0.492 e. The molecular weight excluding hydrogens is 330 g/mol. The summed E-state index contributed by atoms with van der Waals surface area (Å²) < 4.78 is 7.72. The van der Waals surface area contributed by atoms with Crippen molar-refractivity contribution in [3.63, 3.8) is 0 Å². The molecule has 0 aromatic carbocycles. The Kier molecular flexibility index (Phi) is 6.35. The average molecular weight is 361 g/mol. The molecule has 144 valence electrons. The van der Waals surface area contributed by atoms with Gasteiger partial charge in [0.25, 0.3) is 11.5 Å². The molecule has 0 spiro atoms. The monoisotopic (exact) mass is 361 g/mol. The third kappa shape index (κ3) is 4.87. The van der Waals surface area contributed by atoms with Crippen molar-refractivity contribution in [1.29, 1.82) is 0 Å². The van der Waals surface area contributed by atoms with Crippen LogP contribution in [0.3, 0.4) is 0 Å². The van der Waals surface area contributed by atoms with Crippen molar-refractivity contribution in [3.8, 4) is 5.75 Å². The van der Waals surface area contributed by atoms with E-state index in [0.717, 1.165) is 44.3 Å². The molecule has 26 heavy (non-hydrogen) atoms. The van der Waals surface area contributed by atoms with Crippen molar-refractivity contribution in [3.05, 3.63) is 27.7 Å². The van der Waals surface area contributed by atoms with Gasteiger partial charge in [-0.15, -0.1) is 0 Å². The first-order chi connectivity index (χ1) is 12.6. The van der Waals surface area contributed by atoms with Crippen LogP contribution in [0.1, 0.15) is 54.6 Å². The van der Waals surface area contributed by atoms with Crippen molar-refractivity contribution in [1.82, 2.24) is 14.8 Å². The predicted molar refractivity (Wildman–Crippen MR) is 102 cm³/mol. The molecule has 0 bridgehead atoms. The van der Waals surface area contributed by atoms with Crippen molar-refractivity contribution in [2.45, 2.75) is 51.5 Å². The lowest BCUT2D eigenvalue weighted by atomic mass is 10.1. The highest BCUT2D eigenvalue weighted by Gasteiger charge is 2.26. The summed E-state index contributed by atoms with van der Waals surface area (Å²) >= 11 is 0. The number of hydrogen-bond donors (Lipinski definition) is 1. The highest BCUT2D eigenvalue weighted by molar-refractivity contribution is 5.98. The minimum absolute atomic E-state index is 0.0446. The number of ether oxygens (including phenoxy) is 1. The maximum atomic E-state index is 12.9. The van der Waals surface area contributed by atoms with Crippen LogP contribution in [0, 0.1) is 5.92 Å². The zero-order valence-electron chi connectivity index (χ0n) is 16.1. The number of aromatic nitrogens is 1. The van der Waals surface area contributed by atoms with E-state index in [-0.39, 0.29) is 11.5 Å². The summed E-state index contributed by atoms with van der Waals surface area (Å²) in [6.45, 7) is 2.84. The van der Waals surface area contributed by atoms with E-state index in [4.69, 9.17) is 4.74 Å². The molecule has 1 amide bonds. The molecule has 1 aliphatic carbocycles. The van der Waals surface area contributed by atoms with Crippen LogP contribution >= 0.6 is 0 Å². The molecule has 1 aromatic heterocycles. The summed E-state index contributed by atoms with van der Waals surface area (Å²) in [5.41, 5.74) is 1.39. The molecule has 0 saturated heterocycles. The van der Waals surface area contributed by atoms with E-state index < -0.39 is 0 Å². The van der Waals surface area contributed by atoms with E-state index in [1.165, 1.54) is 18.9 Å². The molecule has 1 aliphatic heterocycles. The number of pyridine rings is 1. The third-order valence-electron chi connectivity index (χ3n) is 5.14. The summed E-state index contributed by atoms with van der Waals surface area (Å²) in [7, 11) is 4.05. The smallest absolute Gasteiger partial charge is 0.256 e. The molecule has 6 nitrogen and oxygen atoms in total. The summed E-state index contributed by atoms with van der Waals surface area (Å²) in [5, 5.41) is 3.03. The van der Waals surface area contributed by atoms with Crippen molar-refractivity contribution in [2.75, 3.05) is 33.8 Å². The zero-order chi connectivity index (χ0) is 18.5. The van der Waals surface area contributed by atoms with Crippen LogP contribution < -0.4 is 15.6 Å². The van der Waals surface area contributed by atoms with E-state index >= 15 is 0 Å². The molecule has 0 unspecified atom stereocenters. The minimum atomic E-state index is -0.111. The van der Waals surface area contributed by atoms with Gasteiger partial charge in [0.05, 0.1) is 6.61 Å². The van der Waals surface area contributed by atoms with Gasteiger partial charge < -0.3 is 19.5 Å². The van der Waals surface area contributed by atoms with Gasteiger partial charge in [0.1, 0.15) is 11.3 Å². The second-order valence-corrected chi connectivity index (χ2v) is 7.80. The Morgan fingerprint density at radius 3 is 2.85 bits per heavy atom. The van der Waals surface area contributed by atoms with Crippen LogP contribution in [0.25, 0.3) is 0 Å². The van der Waals surface area contributed by atoms with Crippen LogP contribution in [0.5, 0.6) is 5.75 Å². The predicted octanol–water partition coefficient (Wildman–Crippen LogP) is 2.04. The van der Waals surface area contributed by atoms with Gasteiger partial charge in [0.2, 0.25) is 0 Å². The second kappa shape index (κ2) is 8.71. The van der Waals surface area contributed by atoms with Crippen LogP contribution in [-0.4, -0.2) is 49.2 Å². The molecule has 2 heterocycles. The van der Waals surface area contributed by atoms with Crippen molar-refractivity contribution < 1.29 is 9.53 Å². The molecule has 0 radical (unpaired) electrons. The molecule has 0 atom stereocenters. The van der Waals surface area contributed by atoms with Gasteiger partial charge in [-0.1, -0.05) is 6.42 Å². The molecule has 3 rings (SSSR count). The van der Waals surface area contributed by atoms with E-state index in [1.807, 2.05) is 14.1 Å². The van der Waals surface area contributed by atoms with Gasteiger partial charge in [0, 0.05) is 24.8 Å². The standard InChI is InChI=1S/C20H31N3O3/c1-22(2)11-6-10-21-20(25)19-16-7-4-3-5-12-23(16)18(24)13-17(19)26-14-15-8-9-15/h13,15H,3-12,14H2,1-2H3,(H,21,25). The van der Waals surface area contributed by atoms with E-state index in [1.54, 1.807) is 4.57 Å². The van der Waals surface area contributed by atoms with Gasteiger partial charge in [-0.2, -0.15) is 0 Å². The van der Waals surface area contributed by atoms with Gasteiger partial charge in [-0.25, -0.2) is 0 Å². The minimum Gasteiger partial charge on any atom is -0.492 e. The first-order valence-electron chi connectivity index (χ1n) is 9.88. The number of nitrogens with zero attached hydrogens (tertiary/aromatic N) is 2. The zero-order valence-corrected chi connectivity index (χ0v) is 16.1. The van der Waals surface area contributed by atoms with Gasteiger partial charge in [0.15, 0.2) is 0 Å². The molecule has 1 N–H and O–H groups in total. The molecule has 1 aromatic rings. The topological polar surface area (TPSA) is 63.6 Å². The Labute approximate surface area is 155 Å². The van der Waals surface area contributed by atoms with Crippen molar-refractivity contribution >= 4 is 5.91 Å². The number of carbonyl (C=O) groups is 1. The second-order valence-electron chi connectivity index (χ2n) is 7.80. The maximum absolute atomic E-state index is 12.9. The lowest BCUT2D eigenvalue weighted by molar-refractivity contribution is 0.0945. The normalized spacial score (nSPS) is 16.9. The van der Waals surface area contributed by atoms with Gasteiger partial charge >= 0.3 is 0 Å². The lowest BCUT2D eigenvalue weighted by Gasteiger charge is -2.19. The molecule has 6 heteroatoms. The third-order valence-corrected chi connectivity index (χ3v) is 5.14. The van der Waals surface area contributed by atoms with Crippen molar-refractivity contribution in [2.24, 2.45) is 5.92 Å². The molecule has 1 saturated carbocycles. The fraction of sp³-hybridized carbons (Fsp3) is 0.700. The number of rotatable bonds is 8. The van der Waals surface area contributed by atoms with Crippen LogP contribution in [0.4, 0.5) is 0 Å². The summed E-state index contributed by atoms with van der Waals surface area (Å²) in [5.74, 6) is 0.938. The fourth-order valence-electron chi connectivity index (χ4n) is 3.45. The van der Waals surface area contributed by atoms with Crippen LogP contribution in [0.2, 0.25) is 0 Å². The Balaban J connectivity index is 1.83. The van der Waals surface area contributed by atoms with E-state index in [0.29, 0.717) is 36.9 Å². The SMILES string of the molecule is CN(C)CCCNC(=O)c1c(OCC2CC2)cc(=O)n2c1CCCCC2. The summed E-state index contributed by atoms with van der Waals surface area (Å²) in [6, 6.07) is 1.52. The van der Waals surface area contributed by atoms with Crippen LogP contribution in [-0.2, 0) is 13.0 Å². The molecule has 2 aliphatic rings. The fourth-order valence-corrected chi connectivity index (χ4v) is 3.45. The number of fused-ring (bicyclic) bond motifs is 1. The molecule has 1 fully saturated rings. The number of carbonyl (C=O) groups excluding carboxylic acids is 1. The quantitative estimate of drug-likeness (QED) is 0.720. The highest BCUT2D eigenvalue weighted by Crippen LogP contribution is 2.31. The van der Waals surface area contributed by atoms with Gasteiger partial charge in [-0.3, -0.25) is 9.59 Å². The maximum Gasteiger partial charge on any atom is 0.256 e. The highest BCUT2D eigenvalue weighted by atomic mass is 16.5. The Morgan fingerprint density at radius 1 is 1.31 bits per heavy atom. The van der Waals surface area contributed by atoms with E-state index in [9.17, 15) is 9.59 Å². The number of hydrogen-bond acceptors (Lipinski definition) is 4. The lowest BCUT2D eigenvalue weighted by Crippen LogP contribution is -2.32.